The number of carbonyl (C=O) groups excluding carboxylic acids is 1. The number of nitrogens with zero attached hydrogens (tertiary/aromatic N) is 2. The van der Waals surface area contributed by atoms with Gasteiger partial charge in [0.2, 0.25) is 5.91 Å². The molecule has 4 nitrogen and oxygen atoms in total. The maximum Gasteiger partial charge on any atom is 0.228 e. The lowest BCUT2D eigenvalue weighted by Crippen LogP contribution is -2.18. The summed E-state index contributed by atoms with van der Waals surface area (Å²) in [4.78, 5) is 11.9. The summed E-state index contributed by atoms with van der Waals surface area (Å²) >= 11 is 0. The first kappa shape index (κ1) is 10.8. The monoisotopic (exact) mass is 233 g/mol. The molecule has 17 heavy (non-hydrogen) atoms. The van der Waals surface area contributed by atoms with Gasteiger partial charge in [-0.1, -0.05) is 6.92 Å². The summed E-state index contributed by atoms with van der Waals surface area (Å²) in [5.74, 6) is 2.61. The first-order chi connectivity index (χ1) is 8.15. The molecule has 2 saturated carbocycles. The molecule has 0 unspecified atom stereocenters. The molecule has 0 aromatic carbocycles. The highest BCUT2D eigenvalue weighted by Crippen LogP contribution is 2.39. The number of hydrogen-bond donors (Lipinski definition) is 1. The van der Waals surface area contributed by atoms with Crippen LogP contribution in [0.15, 0.2) is 6.20 Å². The summed E-state index contributed by atoms with van der Waals surface area (Å²) in [6.07, 6.45) is 5.47. The Kier molecular flexibility index (Phi) is 2.45. The molecule has 1 N–H and O–H groups in total. The van der Waals surface area contributed by atoms with Gasteiger partial charge in [0.15, 0.2) is 0 Å². The quantitative estimate of drug-likeness (QED) is 0.866. The van der Waals surface area contributed by atoms with Gasteiger partial charge in [0, 0.05) is 18.0 Å². The van der Waals surface area contributed by atoms with E-state index in [2.05, 4.69) is 17.3 Å². The number of rotatable bonds is 4. The molecule has 0 bridgehead atoms. The van der Waals surface area contributed by atoms with Gasteiger partial charge >= 0.3 is 0 Å². The molecule has 1 aromatic rings. The molecule has 0 aliphatic heterocycles. The van der Waals surface area contributed by atoms with E-state index in [-0.39, 0.29) is 11.8 Å². The van der Waals surface area contributed by atoms with E-state index in [0.29, 0.717) is 5.92 Å². The summed E-state index contributed by atoms with van der Waals surface area (Å²) in [7, 11) is 0. The molecule has 1 aromatic heterocycles. The summed E-state index contributed by atoms with van der Waals surface area (Å²) < 4.78 is 1.96. The van der Waals surface area contributed by atoms with E-state index < -0.39 is 0 Å². The average molecular weight is 233 g/mol. The van der Waals surface area contributed by atoms with Gasteiger partial charge in [-0.2, -0.15) is 5.10 Å². The summed E-state index contributed by atoms with van der Waals surface area (Å²) in [5, 5.41) is 7.40. The fraction of sp³-hybridized carbons (Fsp3) is 0.692. The van der Waals surface area contributed by atoms with Crippen molar-refractivity contribution >= 4 is 11.7 Å². The molecule has 1 amide bonds. The SMILES string of the molecule is Cc1cnn(CC2CC2)c1NC(=O)[C@H]1C[C@@H]1C. The minimum absolute atomic E-state index is 0.165. The number of aromatic nitrogens is 2. The van der Waals surface area contributed by atoms with Crippen molar-refractivity contribution in [1.29, 1.82) is 0 Å². The van der Waals surface area contributed by atoms with Gasteiger partial charge in [-0.05, 0) is 38.0 Å². The van der Waals surface area contributed by atoms with E-state index in [1.165, 1.54) is 12.8 Å². The molecule has 1 heterocycles. The highest BCUT2D eigenvalue weighted by Gasteiger charge is 2.39. The Labute approximate surface area is 101 Å². The number of anilines is 1. The van der Waals surface area contributed by atoms with Gasteiger partial charge in [0.05, 0.1) is 6.20 Å². The fourth-order valence-electron chi connectivity index (χ4n) is 2.22. The minimum Gasteiger partial charge on any atom is -0.310 e. The van der Waals surface area contributed by atoms with Crippen LogP contribution in [0.4, 0.5) is 5.82 Å². The highest BCUT2D eigenvalue weighted by atomic mass is 16.2. The zero-order chi connectivity index (χ0) is 12.0. The first-order valence-electron chi connectivity index (χ1n) is 6.48. The number of carbonyl (C=O) groups is 1. The Morgan fingerprint density at radius 3 is 2.88 bits per heavy atom. The van der Waals surface area contributed by atoms with Crippen LogP contribution in [0.2, 0.25) is 0 Å². The van der Waals surface area contributed by atoms with Crippen LogP contribution >= 0.6 is 0 Å². The molecule has 3 rings (SSSR count). The third-order valence-electron chi connectivity index (χ3n) is 3.84. The number of hydrogen-bond acceptors (Lipinski definition) is 2. The van der Waals surface area contributed by atoms with Crippen molar-refractivity contribution in [3.63, 3.8) is 0 Å². The van der Waals surface area contributed by atoms with Gasteiger partial charge in [-0.3, -0.25) is 4.79 Å². The molecule has 2 aliphatic rings. The maximum atomic E-state index is 11.9. The molecule has 2 fully saturated rings. The van der Waals surface area contributed by atoms with Crippen LogP contribution in [-0.2, 0) is 11.3 Å². The van der Waals surface area contributed by atoms with E-state index in [0.717, 1.165) is 30.3 Å². The zero-order valence-corrected chi connectivity index (χ0v) is 10.4. The largest absolute Gasteiger partial charge is 0.310 e. The summed E-state index contributed by atoms with van der Waals surface area (Å²) in [6, 6.07) is 0. The second-order valence-electron chi connectivity index (χ2n) is 5.61. The Bertz CT molecular complexity index is 448. The minimum atomic E-state index is 0.165. The van der Waals surface area contributed by atoms with Gasteiger partial charge in [-0.25, -0.2) is 4.68 Å². The third-order valence-corrected chi connectivity index (χ3v) is 3.84. The molecule has 0 saturated heterocycles. The van der Waals surface area contributed by atoms with Crippen molar-refractivity contribution in [2.75, 3.05) is 5.32 Å². The van der Waals surface area contributed by atoms with Gasteiger partial charge < -0.3 is 5.32 Å². The summed E-state index contributed by atoms with van der Waals surface area (Å²) in [6.45, 7) is 5.07. The zero-order valence-electron chi connectivity index (χ0n) is 10.4. The van der Waals surface area contributed by atoms with Crippen molar-refractivity contribution in [3.8, 4) is 0 Å². The molecule has 0 radical (unpaired) electrons. The van der Waals surface area contributed by atoms with E-state index in [1.54, 1.807) is 0 Å². The van der Waals surface area contributed by atoms with Crippen LogP contribution < -0.4 is 5.32 Å². The lowest BCUT2D eigenvalue weighted by molar-refractivity contribution is -0.117. The van der Waals surface area contributed by atoms with Crippen molar-refractivity contribution in [3.05, 3.63) is 11.8 Å². The van der Waals surface area contributed by atoms with Crippen molar-refractivity contribution < 1.29 is 4.79 Å². The van der Waals surface area contributed by atoms with Crippen LogP contribution in [0.25, 0.3) is 0 Å². The summed E-state index contributed by atoms with van der Waals surface area (Å²) in [5.41, 5.74) is 1.06. The van der Waals surface area contributed by atoms with E-state index in [9.17, 15) is 4.79 Å². The molecule has 92 valence electrons. The lowest BCUT2D eigenvalue weighted by atomic mass is 10.3. The second kappa shape index (κ2) is 3.86. The predicted molar refractivity (Wildman–Crippen MR) is 65.6 cm³/mol. The maximum absolute atomic E-state index is 11.9. The molecule has 2 atom stereocenters. The number of aryl methyl sites for hydroxylation is 1. The predicted octanol–water partition coefficient (Wildman–Crippen LogP) is 2.20. The molecule has 2 aliphatic carbocycles. The van der Waals surface area contributed by atoms with Gasteiger partial charge in [0.25, 0.3) is 0 Å². The van der Waals surface area contributed by atoms with Crippen molar-refractivity contribution in [2.45, 2.75) is 39.7 Å². The Morgan fingerprint density at radius 2 is 2.29 bits per heavy atom. The van der Waals surface area contributed by atoms with Gasteiger partial charge in [0.1, 0.15) is 5.82 Å². The Morgan fingerprint density at radius 1 is 1.59 bits per heavy atom. The first-order valence-corrected chi connectivity index (χ1v) is 6.48. The molecular formula is C13H19N3O. The van der Waals surface area contributed by atoms with E-state index >= 15 is 0 Å². The van der Waals surface area contributed by atoms with Crippen LogP contribution in [0.5, 0.6) is 0 Å². The molecular weight excluding hydrogens is 214 g/mol. The third kappa shape index (κ3) is 2.21. The van der Waals surface area contributed by atoms with Crippen LogP contribution in [0.3, 0.4) is 0 Å². The normalized spacial score (nSPS) is 26.9. The topological polar surface area (TPSA) is 46.9 Å². The average Bonchev–Trinajstić information content (AvgIpc) is 3.17. The van der Waals surface area contributed by atoms with Crippen molar-refractivity contribution in [2.24, 2.45) is 17.8 Å². The van der Waals surface area contributed by atoms with Gasteiger partial charge in [-0.15, -0.1) is 0 Å². The smallest absolute Gasteiger partial charge is 0.228 e. The van der Waals surface area contributed by atoms with Crippen LogP contribution in [0.1, 0.15) is 31.7 Å². The lowest BCUT2D eigenvalue weighted by Gasteiger charge is -2.09. The van der Waals surface area contributed by atoms with E-state index in [1.807, 2.05) is 17.8 Å². The van der Waals surface area contributed by atoms with Crippen LogP contribution in [-0.4, -0.2) is 15.7 Å². The van der Waals surface area contributed by atoms with E-state index in [4.69, 9.17) is 0 Å². The molecule has 0 spiro atoms. The number of amides is 1. The fourth-order valence-corrected chi connectivity index (χ4v) is 2.22. The standard InChI is InChI=1S/C13H19N3O/c1-8-5-11(8)13(17)15-12-9(2)6-14-16(12)7-10-3-4-10/h6,8,10-11H,3-5,7H2,1-2H3,(H,15,17)/t8-,11-/m0/s1. The van der Waals surface area contributed by atoms with Crippen molar-refractivity contribution in [1.82, 2.24) is 9.78 Å². The second-order valence-corrected chi connectivity index (χ2v) is 5.61. The Balaban J connectivity index is 1.71. The highest BCUT2D eigenvalue weighted by molar-refractivity contribution is 5.94. The number of nitrogens with one attached hydrogen (secondary N) is 1. The molecule has 4 heteroatoms. The Hall–Kier alpha value is -1.32. The van der Waals surface area contributed by atoms with Crippen LogP contribution in [0, 0.1) is 24.7 Å².